The lowest BCUT2D eigenvalue weighted by Crippen LogP contribution is -2.49. The summed E-state index contributed by atoms with van der Waals surface area (Å²) < 4.78 is 1.39. The summed E-state index contributed by atoms with van der Waals surface area (Å²) in [5, 5.41) is 0. The second kappa shape index (κ2) is 8.19. The number of hydrogen-bond acceptors (Lipinski definition) is 6. The van der Waals surface area contributed by atoms with Crippen LogP contribution in [0.2, 0.25) is 0 Å². The molecule has 5 nitrogen and oxygen atoms in total. The fraction of sp³-hybridized carbons (Fsp3) is 0.389. The van der Waals surface area contributed by atoms with Gasteiger partial charge in [-0.3, -0.25) is 4.79 Å². The number of aromatic nitrogens is 2. The van der Waals surface area contributed by atoms with E-state index in [9.17, 15) is 4.79 Å². The average molecular weight is 451 g/mol. The van der Waals surface area contributed by atoms with Crippen LogP contribution >= 0.6 is 39.5 Å². The molecule has 1 aromatic heterocycles. The van der Waals surface area contributed by atoms with Crippen LogP contribution in [0, 0.1) is 0 Å². The summed E-state index contributed by atoms with van der Waals surface area (Å²) in [7, 11) is 0. The SMILES string of the molecule is O=C(c1ccc(C2SCCS2)cc1)N1CCN(c2ncc(Br)cn2)CC1. The second-order valence-electron chi connectivity index (χ2n) is 6.18. The van der Waals surface area contributed by atoms with E-state index in [1.807, 2.05) is 40.6 Å². The molecular weight excluding hydrogens is 432 g/mol. The molecule has 2 fully saturated rings. The van der Waals surface area contributed by atoms with Crippen LogP contribution in [0.1, 0.15) is 20.5 Å². The van der Waals surface area contributed by atoms with Gasteiger partial charge in [-0.15, -0.1) is 23.5 Å². The smallest absolute Gasteiger partial charge is 0.253 e. The molecule has 26 heavy (non-hydrogen) atoms. The number of anilines is 1. The number of carbonyl (C=O) groups excluding carboxylic acids is 1. The Hall–Kier alpha value is -1.25. The lowest BCUT2D eigenvalue weighted by Gasteiger charge is -2.34. The predicted octanol–water partition coefficient (Wildman–Crippen LogP) is 3.68. The molecule has 1 aromatic carbocycles. The Balaban J connectivity index is 1.36. The highest BCUT2D eigenvalue weighted by molar-refractivity contribution is 9.10. The molecule has 0 radical (unpaired) electrons. The van der Waals surface area contributed by atoms with Crippen molar-refractivity contribution >= 4 is 51.3 Å². The molecule has 136 valence electrons. The van der Waals surface area contributed by atoms with Crippen LogP contribution < -0.4 is 4.90 Å². The monoisotopic (exact) mass is 450 g/mol. The molecule has 0 aliphatic carbocycles. The number of amides is 1. The average Bonchev–Trinajstić information content (AvgIpc) is 3.23. The Morgan fingerprint density at radius 2 is 1.62 bits per heavy atom. The maximum Gasteiger partial charge on any atom is 0.253 e. The Kier molecular flexibility index (Phi) is 5.71. The van der Waals surface area contributed by atoms with Gasteiger partial charge in [-0.2, -0.15) is 0 Å². The first kappa shape index (κ1) is 18.1. The van der Waals surface area contributed by atoms with Crippen LogP contribution in [-0.2, 0) is 0 Å². The summed E-state index contributed by atoms with van der Waals surface area (Å²) in [5.41, 5.74) is 2.08. The zero-order chi connectivity index (χ0) is 17.9. The third kappa shape index (κ3) is 4.02. The van der Waals surface area contributed by atoms with Crippen LogP contribution in [-0.4, -0.2) is 58.5 Å². The summed E-state index contributed by atoms with van der Waals surface area (Å²) >= 11 is 7.32. The van der Waals surface area contributed by atoms with Gasteiger partial charge in [0.05, 0.1) is 9.05 Å². The molecule has 8 heteroatoms. The molecule has 0 saturated carbocycles. The van der Waals surface area contributed by atoms with Gasteiger partial charge >= 0.3 is 0 Å². The third-order valence-corrected chi connectivity index (χ3v) is 8.02. The third-order valence-electron chi connectivity index (χ3n) is 4.51. The molecule has 0 atom stereocenters. The van der Waals surface area contributed by atoms with Gasteiger partial charge in [0.15, 0.2) is 0 Å². The van der Waals surface area contributed by atoms with Crippen molar-refractivity contribution in [3.63, 3.8) is 0 Å². The molecular formula is C18H19BrN4OS2. The number of halogens is 1. The van der Waals surface area contributed by atoms with Gasteiger partial charge in [-0.05, 0) is 33.6 Å². The van der Waals surface area contributed by atoms with E-state index >= 15 is 0 Å². The number of benzene rings is 1. The van der Waals surface area contributed by atoms with Crippen LogP contribution in [0.25, 0.3) is 0 Å². The summed E-state index contributed by atoms with van der Waals surface area (Å²) in [4.78, 5) is 25.5. The first-order valence-electron chi connectivity index (χ1n) is 8.55. The van der Waals surface area contributed by atoms with Crippen molar-refractivity contribution in [3.8, 4) is 0 Å². The minimum Gasteiger partial charge on any atom is -0.337 e. The molecule has 2 aliphatic rings. The van der Waals surface area contributed by atoms with E-state index < -0.39 is 0 Å². The number of nitrogens with zero attached hydrogens (tertiary/aromatic N) is 4. The number of carbonyl (C=O) groups is 1. The summed E-state index contributed by atoms with van der Waals surface area (Å²) in [5.74, 6) is 3.25. The molecule has 1 amide bonds. The van der Waals surface area contributed by atoms with Gasteiger partial charge in [0.25, 0.3) is 5.91 Å². The van der Waals surface area contributed by atoms with Gasteiger partial charge in [-0.25, -0.2) is 9.97 Å². The fourth-order valence-corrected chi connectivity index (χ4v) is 6.16. The van der Waals surface area contributed by atoms with Crippen molar-refractivity contribution in [3.05, 3.63) is 52.3 Å². The van der Waals surface area contributed by atoms with E-state index in [2.05, 4.69) is 42.9 Å². The van der Waals surface area contributed by atoms with Crippen LogP contribution in [0.3, 0.4) is 0 Å². The molecule has 0 bridgehead atoms. The van der Waals surface area contributed by atoms with E-state index in [0.717, 1.165) is 29.1 Å². The normalized spacial score (nSPS) is 18.3. The first-order chi connectivity index (χ1) is 12.7. The lowest BCUT2D eigenvalue weighted by atomic mass is 10.1. The highest BCUT2D eigenvalue weighted by atomic mass is 79.9. The van der Waals surface area contributed by atoms with Crippen LogP contribution in [0.15, 0.2) is 41.1 Å². The molecule has 2 aromatic rings. The molecule has 2 aliphatic heterocycles. The minimum atomic E-state index is 0.111. The summed E-state index contributed by atoms with van der Waals surface area (Å²) in [6.07, 6.45) is 3.50. The summed E-state index contributed by atoms with van der Waals surface area (Å²) in [6.45, 7) is 2.88. The molecule has 0 N–H and O–H groups in total. The zero-order valence-electron chi connectivity index (χ0n) is 14.2. The van der Waals surface area contributed by atoms with Crippen molar-refractivity contribution < 1.29 is 4.79 Å². The first-order valence-corrected chi connectivity index (χ1v) is 11.4. The Morgan fingerprint density at radius 3 is 2.23 bits per heavy atom. The highest BCUT2D eigenvalue weighted by Gasteiger charge is 2.24. The predicted molar refractivity (Wildman–Crippen MR) is 112 cm³/mol. The van der Waals surface area contributed by atoms with E-state index in [-0.39, 0.29) is 5.91 Å². The molecule has 0 unspecified atom stereocenters. The number of thioether (sulfide) groups is 2. The number of hydrogen-bond donors (Lipinski definition) is 0. The zero-order valence-corrected chi connectivity index (χ0v) is 17.4. The highest BCUT2D eigenvalue weighted by Crippen LogP contribution is 2.45. The van der Waals surface area contributed by atoms with E-state index in [1.165, 1.54) is 17.1 Å². The second-order valence-corrected chi connectivity index (χ2v) is 9.82. The lowest BCUT2D eigenvalue weighted by molar-refractivity contribution is 0.0746. The number of piperazine rings is 1. The maximum atomic E-state index is 12.8. The van der Waals surface area contributed by atoms with Gasteiger partial charge in [-0.1, -0.05) is 12.1 Å². The van der Waals surface area contributed by atoms with E-state index in [1.54, 1.807) is 12.4 Å². The Morgan fingerprint density at radius 1 is 1.00 bits per heavy atom. The van der Waals surface area contributed by atoms with Crippen molar-refractivity contribution in [1.29, 1.82) is 0 Å². The molecule has 4 rings (SSSR count). The van der Waals surface area contributed by atoms with Gasteiger partial charge < -0.3 is 9.80 Å². The Bertz CT molecular complexity index is 758. The topological polar surface area (TPSA) is 49.3 Å². The number of rotatable bonds is 3. The quantitative estimate of drug-likeness (QED) is 0.710. The summed E-state index contributed by atoms with van der Waals surface area (Å²) in [6, 6.07) is 8.16. The van der Waals surface area contributed by atoms with Crippen LogP contribution in [0.4, 0.5) is 5.95 Å². The van der Waals surface area contributed by atoms with Crippen molar-refractivity contribution in [2.45, 2.75) is 4.58 Å². The van der Waals surface area contributed by atoms with Crippen molar-refractivity contribution in [2.24, 2.45) is 0 Å². The van der Waals surface area contributed by atoms with E-state index in [0.29, 0.717) is 17.7 Å². The van der Waals surface area contributed by atoms with Crippen LogP contribution in [0.5, 0.6) is 0 Å². The van der Waals surface area contributed by atoms with Crippen molar-refractivity contribution in [2.75, 3.05) is 42.6 Å². The largest absolute Gasteiger partial charge is 0.337 e. The van der Waals surface area contributed by atoms with Gasteiger partial charge in [0.2, 0.25) is 5.95 Å². The van der Waals surface area contributed by atoms with E-state index in [4.69, 9.17) is 0 Å². The van der Waals surface area contributed by atoms with Crippen molar-refractivity contribution in [1.82, 2.24) is 14.9 Å². The molecule has 2 saturated heterocycles. The fourth-order valence-electron chi connectivity index (χ4n) is 3.09. The molecule has 0 spiro atoms. The standard InChI is InChI=1S/C18H19BrN4OS2/c19-15-11-20-18(21-12-15)23-7-5-22(6-8-23)16(24)13-1-3-14(4-2-13)17-25-9-10-26-17/h1-4,11-12,17H,5-10H2. The van der Waals surface area contributed by atoms with Gasteiger partial charge in [0, 0.05) is 55.6 Å². The molecule has 3 heterocycles. The minimum absolute atomic E-state index is 0.111. The Labute approximate surface area is 170 Å². The van der Waals surface area contributed by atoms with Gasteiger partial charge in [0.1, 0.15) is 0 Å². The maximum absolute atomic E-state index is 12.8.